The number of benzene rings is 2. The van der Waals surface area contributed by atoms with Crippen LogP contribution in [0.2, 0.25) is 10.0 Å². The van der Waals surface area contributed by atoms with Crippen molar-refractivity contribution in [2.45, 2.75) is 4.90 Å². The molecule has 134 valence electrons. The Hall–Kier alpha value is -2.57. The summed E-state index contributed by atoms with van der Waals surface area (Å²) in [5, 5.41) is 20.2. The zero-order valence-corrected chi connectivity index (χ0v) is 15.4. The summed E-state index contributed by atoms with van der Waals surface area (Å²) in [5.74, 6) is -0.693. The lowest BCUT2D eigenvalue weighted by atomic mass is 10.2. The highest BCUT2D eigenvalue weighted by Crippen LogP contribution is 2.25. The van der Waals surface area contributed by atoms with Crippen LogP contribution < -0.4 is 15.8 Å². The highest BCUT2D eigenvalue weighted by molar-refractivity contribution is 7.89. The fourth-order valence-corrected chi connectivity index (χ4v) is 2.69. The van der Waals surface area contributed by atoms with Gasteiger partial charge in [0, 0.05) is 16.9 Å². The molecule has 0 spiro atoms. The van der Waals surface area contributed by atoms with E-state index in [4.69, 9.17) is 33.6 Å². The van der Waals surface area contributed by atoms with Gasteiger partial charge in [-0.3, -0.25) is 4.79 Å². The zero-order chi connectivity index (χ0) is 19.3. The van der Waals surface area contributed by atoms with Gasteiger partial charge in [-0.1, -0.05) is 23.2 Å². The molecule has 0 aliphatic carbocycles. The van der Waals surface area contributed by atoms with Gasteiger partial charge in [0.15, 0.2) is 0 Å². The summed E-state index contributed by atoms with van der Waals surface area (Å²) in [7, 11) is -3.83. The van der Waals surface area contributed by atoms with Gasteiger partial charge in [-0.25, -0.2) is 13.6 Å². The molecule has 0 saturated heterocycles. The molecule has 0 bridgehead atoms. The largest absolute Gasteiger partial charge is 0.359 e. The number of nitrogens with two attached hydrogens (primary N) is 1. The van der Waals surface area contributed by atoms with Crippen molar-refractivity contribution in [3.8, 4) is 6.07 Å². The first kappa shape index (κ1) is 19.8. The second kappa shape index (κ2) is 8.21. The summed E-state index contributed by atoms with van der Waals surface area (Å²) < 4.78 is 22.4. The Morgan fingerprint density at radius 2 is 1.81 bits per heavy atom. The quantitative estimate of drug-likeness (QED) is 0.515. The third-order valence-electron chi connectivity index (χ3n) is 3.11. The number of carbonyl (C=O) groups excluding carboxylic acids is 1. The highest BCUT2D eigenvalue weighted by Gasteiger charge is 2.11. The molecule has 0 aliphatic rings. The minimum atomic E-state index is -3.83. The summed E-state index contributed by atoms with van der Waals surface area (Å²) in [5.41, 5.74) is 0.498. The lowest BCUT2D eigenvalue weighted by molar-refractivity contribution is -0.112. The van der Waals surface area contributed by atoms with E-state index in [1.54, 1.807) is 24.3 Å². The van der Waals surface area contributed by atoms with Crippen molar-refractivity contribution < 1.29 is 13.2 Å². The first-order valence-corrected chi connectivity index (χ1v) is 9.27. The minimum absolute atomic E-state index is 0.0937. The van der Waals surface area contributed by atoms with Crippen molar-refractivity contribution in [1.29, 1.82) is 5.26 Å². The maximum Gasteiger partial charge on any atom is 0.267 e. The molecule has 0 aromatic heterocycles. The summed E-state index contributed by atoms with van der Waals surface area (Å²) in [4.78, 5) is 12.1. The van der Waals surface area contributed by atoms with Crippen molar-refractivity contribution >= 4 is 50.5 Å². The van der Waals surface area contributed by atoms with E-state index in [1.807, 2.05) is 0 Å². The highest BCUT2D eigenvalue weighted by atomic mass is 35.5. The topological polar surface area (TPSA) is 125 Å². The van der Waals surface area contributed by atoms with Crippen LogP contribution in [-0.2, 0) is 14.8 Å². The number of sulfonamides is 1. The Labute approximate surface area is 160 Å². The molecule has 10 heteroatoms. The van der Waals surface area contributed by atoms with Crippen molar-refractivity contribution in [3.63, 3.8) is 0 Å². The molecule has 2 rings (SSSR count). The molecule has 0 saturated carbocycles. The predicted molar refractivity (Wildman–Crippen MR) is 100 cm³/mol. The molecule has 7 nitrogen and oxygen atoms in total. The van der Waals surface area contributed by atoms with Crippen molar-refractivity contribution in [2.24, 2.45) is 5.14 Å². The molecule has 0 radical (unpaired) electrons. The zero-order valence-electron chi connectivity index (χ0n) is 13.0. The van der Waals surface area contributed by atoms with Crippen LogP contribution in [0, 0.1) is 11.3 Å². The molecular weight excluding hydrogens is 399 g/mol. The Balaban J connectivity index is 2.13. The van der Waals surface area contributed by atoms with Crippen LogP contribution in [0.3, 0.4) is 0 Å². The van der Waals surface area contributed by atoms with E-state index < -0.39 is 15.9 Å². The molecule has 0 heterocycles. The van der Waals surface area contributed by atoms with Gasteiger partial charge >= 0.3 is 0 Å². The van der Waals surface area contributed by atoms with E-state index in [-0.39, 0.29) is 10.5 Å². The van der Waals surface area contributed by atoms with E-state index in [9.17, 15) is 13.2 Å². The fourth-order valence-electron chi connectivity index (χ4n) is 1.83. The molecule has 2 aromatic rings. The molecule has 2 aromatic carbocycles. The summed E-state index contributed by atoms with van der Waals surface area (Å²) >= 11 is 11.9. The van der Waals surface area contributed by atoms with Gasteiger partial charge in [-0.05, 0) is 42.5 Å². The van der Waals surface area contributed by atoms with Crippen LogP contribution in [0.5, 0.6) is 0 Å². The summed E-state index contributed by atoms with van der Waals surface area (Å²) in [6, 6.07) is 11.7. The number of halogens is 2. The maximum absolute atomic E-state index is 12.2. The number of primary sulfonamides is 1. The van der Waals surface area contributed by atoms with E-state index in [0.29, 0.717) is 21.4 Å². The normalized spacial score (nSPS) is 11.5. The summed E-state index contributed by atoms with van der Waals surface area (Å²) in [6.45, 7) is 0. The number of nitrogens with zero attached hydrogens (tertiary/aromatic N) is 1. The lowest BCUT2D eigenvalue weighted by Gasteiger charge is -2.07. The van der Waals surface area contributed by atoms with Crippen LogP contribution in [0.25, 0.3) is 0 Å². The van der Waals surface area contributed by atoms with Crippen LogP contribution in [0.4, 0.5) is 11.4 Å². The third kappa shape index (κ3) is 5.21. The van der Waals surface area contributed by atoms with Gasteiger partial charge in [0.25, 0.3) is 5.91 Å². The molecule has 26 heavy (non-hydrogen) atoms. The van der Waals surface area contributed by atoms with Gasteiger partial charge in [0.1, 0.15) is 11.6 Å². The number of nitriles is 1. The van der Waals surface area contributed by atoms with E-state index in [0.717, 1.165) is 0 Å². The smallest absolute Gasteiger partial charge is 0.267 e. The van der Waals surface area contributed by atoms with Crippen LogP contribution >= 0.6 is 23.2 Å². The maximum atomic E-state index is 12.2. The first-order valence-electron chi connectivity index (χ1n) is 6.97. The number of nitrogens with one attached hydrogen (secondary N) is 2. The van der Waals surface area contributed by atoms with Gasteiger partial charge in [-0.15, -0.1) is 0 Å². The number of carbonyl (C=O) groups is 1. The molecule has 1 amide bonds. The van der Waals surface area contributed by atoms with Crippen LogP contribution in [0.1, 0.15) is 0 Å². The Morgan fingerprint density at radius 3 is 2.38 bits per heavy atom. The second-order valence-corrected chi connectivity index (χ2v) is 7.37. The monoisotopic (exact) mass is 410 g/mol. The van der Waals surface area contributed by atoms with Crippen molar-refractivity contribution in [3.05, 3.63) is 64.3 Å². The van der Waals surface area contributed by atoms with Crippen LogP contribution in [-0.4, -0.2) is 14.3 Å². The minimum Gasteiger partial charge on any atom is -0.359 e. The van der Waals surface area contributed by atoms with Crippen LogP contribution in [0.15, 0.2) is 59.1 Å². The molecule has 0 aliphatic heterocycles. The number of hydrogen-bond donors (Lipinski definition) is 3. The standard InChI is InChI=1S/C16H12Cl2N4O3S/c17-11-1-6-14(18)15(7-11)21-9-10(8-19)16(23)22-12-2-4-13(5-3-12)26(20,24)25/h1-7,9,21H,(H,22,23)(H2,20,24,25)/b10-9-. The number of hydrogen-bond acceptors (Lipinski definition) is 5. The lowest BCUT2D eigenvalue weighted by Crippen LogP contribution is -2.15. The molecule has 0 atom stereocenters. The van der Waals surface area contributed by atoms with E-state index >= 15 is 0 Å². The third-order valence-corrected chi connectivity index (χ3v) is 4.60. The van der Waals surface area contributed by atoms with E-state index in [1.165, 1.54) is 30.5 Å². The van der Waals surface area contributed by atoms with Gasteiger partial charge in [-0.2, -0.15) is 5.26 Å². The second-order valence-electron chi connectivity index (χ2n) is 4.96. The summed E-state index contributed by atoms with van der Waals surface area (Å²) in [6.07, 6.45) is 1.19. The van der Waals surface area contributed by atoms with E-state index in [2.05, 4.69) is 10.6 Å². The van der Waals surface area contributed by atoms with Gasteiger partial charge in [0.05, 0.1) is 15.6 Å². The molecule has 4 N–H and O–H groups in total. The fraction of sp³-hybridized carbons (Fsp3) is 0. The number of amides is 1. The van der Waals surface area contributed by atoms with Gasteiger partial charge < -0.3 is 10.6 Å². The first-order chi connectivity index (χ1) is 12.2. The number of rotatable bonds is 5. The molecular formula is C16H12Cl2N4O3S. The SMILES string of the molecule is N#C/C(=C/Nc1cc(Cl)ccc1Cl)C(=O)Nc1ccc(S(N)(=O)=O)cc1. The molecule has 0 unspecified atom stereocenters. The Bertz CT molecular complexity index is 1010. The van der Waals surface area contributed by atoms with Gasteiger partial charge in [0.2, 0.25) is 10.0 Å². The number of anilines is 2. The average Bonchev–Trinajstić information content (AvgIpc) is 2.58. The van der Waals surface area contributed by atoms with Crippen molar-refractivity contribution in [1.82, 2.24) is 0 Å². The predicted octanol–water partition coefficient (Wildman–Crippen LogP) is 3.10. The van der Waals surface area contributed by atoms with Crippen molar-refractivity contribution in [2.75, 3.05) is 10.6 Å². The molecule has 0 fully saturated rings. The Kier molecular flexibility index (Phi) is 6.23. The Morgan fingerprint density at radius 1 is 1.15 bits per heavy atom. The average molecular weight is 411 g/mol.